The maximum Gasteiger partial charge on any atom is 0.201 e. The number of nitrogens with zero attached hydrogens (tertiary/aromatic N) is 4. The van der Waals surface area contributed by atoms with Crippen molar-refractivity contribution in [3.8, 4) is 0 Å². The van der Waals surface area contributed by atoms with Crippen molar-refractivity contribution in [3.05, 3.63) is 63.6 Å². The van der Waals surface area contributed by atoms with Gasteiger partial charge in [-0.2, -0.15) is 5.10 Å². The topological polar surface area (TPSA) is 48.3 Å². The van der Waals surface area contributed by atoms with Gasteiger partial charge < -0.3 is 4.90 Å². The molecule has 9 heteroatoms. The molecular formula is C19H15Cl3N4OS. The van der Waals surface area contributed by atoms with E-state index in [1.54, 1.807) is 18.2 Å². The molecule has 2 atom stereocenters. The smallest absolute Gasteiger partial charge is 0.201 e. The third-order valence-corrected chi connectivity index (χ3v) is 6.35. The van der Waals surface area contributed by atoms with Gasteiger partial charge in [0.05, 0.1) is 5.02 Å². The Morgan fingerprint density at radius 1 is 1.11 bits per heavy atom. The van der Waals surface area contributed by atoms with Gasteiger partial charge in [-0.1, -0.05) is 46.9 Å². The Morgan fingerprint density at radius 2 is 1.82 bits per heavy atom. The van der Waals surface area contributed by atoms with Crippen LogP contribution in [0.3, 0.4) is 0 Å². The first-order chi connectivity index (χ1) is 13.3. The van der Waals surface area contributed by atoms with Crippen LogP contribution in [0.2, 0.25) is 10.0 Å². The zero-order chi connectivity index (χ0) is 20.0. The number of rotatable bonds is 3. The van der Waals surface area contributed by atoms with Gasteiger partial charge in [0.15, 0.2) is 10.7 Å². The number of aliphatic imine (C=N–C) groups is 1. The number of carbonyl (C=O) groups excluding carboxylic acids is 1. The van der Waals surface area contributed by atoms with Gasteiger partial charge in [0.25, 0.3) is 0 Å². The van der Waals surface area contributed by atoms with Gasteiger partial charge in [-0.15, -0.1) is 0 Å². The minimum atomic E-state index is -0.929. The summed E-state index contributed by atoms with van der Waals surface area (Å²) in [5, 5.41) is 8.13. The fraction of sp³-hybridized carbons (Fsp3) is 0.211. The van der Waals surface area contributed by atoms with Gasteiger partial charge in [-0.05, 0) is 47.7 Å². The van der Waals surface area contributed by atoms with Crippen molar-refractivity contribution in [2.75, 3.05) is 19.0 Å². The Morgan fingerprint density at radius 3 is 2.46 bits per heavy atom. The molecule has 0 fully saturated rings. The number of halogens is 3. The lowest BCUT2D eigenvalue weighted by atomic mass is 10.0. The lowest BCUT2D eigenvalue weighted by Crippen LogP contribution is -2.41. The maximum atomic E-state index is 12.8. The molecule has 0 saturated carbocycles. The summed E-state index contributed by atoms with van der Waals surface area (Å²) >= 11 is 20.0. The van der Waals surface area contributed by atoms with Crippen LogP contribution in [0.4, 0.5) is 5.69 Å². The second-order valence-electron chi connectivity index (χ2n) is 6.51. The predicted octanol–water partition coefficient (Wildman–Crippen LogP) is 5.01. The van der Waals surface area contributed by atoms with Crippen LogP contribution in [-0.2, 0) is 4.79 Å². The largest absolute Gasteiger partial charge is 0.378 e. The van der Waals surface area contributed by atoms with Crippen molar-refractivity contribution in [1.29, 1.82) is 0 Å². The van der Waals surface area contributed by atoms with E-state index in [4.69, 9.17) is 34.8 Å². The van der Waals surface area contributed by atoms with Gasteiger partial charge >= 0.3 is 0 Å². The van der Waals surface area contributed by atoms with Crippen molar-refractivity contribution >= 4 is 68.2 Å². The molecule has 0 radical (unpaired) electrons. The lowest BCUT2D eigenvalue weighted by molar-refractivity contribution is -0.122. The van der Waals surface area contributed by atoms with Crippen molar-refractivity contribution in [1.82, 2.24) is 5.01 Å². The quantitative estimate of drug-likeness (QED) is 0.484. The highest BCUT2D eigenvalue weighted by Crippen LogP contribution is 2.38. The van der Waals surface area contributed by atoms with E-state index >= 15 is 0 Å². The summed E-state index contributed by atoms with van der Waals surface area (Å²) in [6.07, 6.45) is 0. The molecule has 0 spiro atoms. The third kappa shape index (κ3) is 3.50. The van der Waals surface area contributed by atoms with E-state index in [1.165, 1.54) is 16.8 Å². The number of benzene rings is 2. The molecule has 4 rings (SSSR count). The summed E-state index contributed by atoms with van der Waals surface area (Å²) in [5.74, 6) is -0.212. The summed E-state index contributed by atoms with van der Waals surface area (Å²) in [5.41, 5.74) is 1.63. The number of fused-ring (bicyclic) bond motifs is 1. The highest BCUT2D eigenvalue weighted by molar-refractivity contribution is 8.27. The molecule has 0 aromatic heterocycles. The average Bonchev–Trinajstić information content (AvgIpc) is 3.09. The number of anilines is 1. The Balaban J connectivity index is 1.66. The van der Waals surface area contributed by atoms with Gasteiger partial charge in [0.2, 0.25) is 5.78 Å². The molecule has 2 aliphatic rings. The number of hydrogen-bond acceptors (Lipinski definition) is 6. The van der Waals surface area contributed by atoms with Gasteiger partial charge in [0, 0.05) is 30.4 Å². The molecule has 2 heterocycles. The first-order valence-electron chi connectivity index (χ1n) is 8.39. The maximum absolute atomic E-state index is 12.8. The number of carbonyl (C=O) groups is 1. The second-order valence-corrected chi connectivity index (χ2v) is 8.73. The number of amidine groups is 1. The molecule has 0 N–H and O–H groups in total. The molecular weight excluding hydrogens is 439 g/mol. The first-order valence-corrected chi connectivity index (χ1v) is 10.4. The Bertz CT molecular complexity index is 1010. The van der Waals surface area contributed by atoms with Gasteiger partial charge in [-0.3, -0.25) is 4.79 Å². The SMILES string of the molecule is CN(C)c1ccc(C2N=C3SC(c4ccc(Cl)cc4Cl)=NN3C(Cl)C2=O)cc1. The molecule has 2 aromatic carbocycles. The van der Waals surface area contributed by atoms with Crippen molar-refractivity contribution in [2.45, 2.75) is 11.5 Å². The van der Waals surface area contributed by atoms with E-state index in [0.717, 1.165) is 16.8 Å². The summed E-state index contributed by atoms with van der Waals surface area (Å²) in [6, 6.07) is 12.2. The summed E-state index contributed by atoms with van der Waals surface area (Å²) in [7, 11) is 3.92. The van der Waals surface area contributed by atoms with Gasteiger partial charge in [0.1, 0.15) is 11.1 Å². The van der Waals surface area contributed by atoms with E-state index in [2.05, 4.69) is 10.1 Å². The molecule has 0 amide bonds. The summed E-state index contributed by atoms with van der Waals surface area (Å²) < 4.78 is 0. The standard InChI is InChI=1S/C19H15Cl3N4OS/c1-25(2)12-6-3-10(4-7-12)15-16(27)17(22)26-19(23-15)28-18(24-26)13-8-5-11(20)9-14(13)21/h3-9,15,17H,1-2H3. The molecule has 2 aromatic rings. The van der Waals surface area contributed by atoms with Crippen LogP contribution in [0.25, 0.3) is 0 Å². The molecule has 144 valence electrons. The van der Waals surface area contributed by atoms with E-state index in [1.807, 2.05) is 43.3 Å². The molecule has 5 nitrogen and oxygen atoms in total. The molecule has 0 saturated heterocycles. The van der Waals surface area contributed by atoms with Crippen LogP contribution >= 0.6 is 46.6 Å². The number of thioether (sulfide) groups is 1. The normalized spacial score (nSPS) is 21.3. The van der Waals surface area contributed by atoms with E-state index in [9.17, 15) is 4.79 Å². The predicted molar refractivity (Wildman–Crippen MR) is 118 cm³/mol. The minimum absolute atomic E-state index is 0.212. The van der Waals surface area contributed by atoms with Gasteiger partial charge in [-0.25, -0.2) is 10.0 Å². The van der Waals surface area contributed by atoms with E-state index in [-0.39, 0.29) is 5.78 Å². The first kappa shape index (κ1) is 19.6. The summed E-state index contributed by atoms with van der Waals surface area (Å²) in [6.45, 7) is 0. The van der Waals surface area contributed by atoms with Crippen LogP contribution in [-0.4, -0.2) is 40.6 Å². The zero-order valence-corrected chi connectivity index (χ0v) is 18.0. The van der Waals surface area contributed by atoms with Crippen LogP contribution < -0.4 is 4.90 Å². The fourth-order valence-corrected chi connectivity index (χ4v) is 4.77. The number of hydrazone groups is 1. The van der Waals surface area contributed by atoms with E-state index < -0.39 is 11.5 Å². The molecule has 0 bridgehead atoms. The molecule has 2 aliphatic heterocycles. The Kier molecular flexibility index (Phi) is 5.31. The van der Waals surface area contributed by atoms with Crippen LogP contribution in [0.15, 0.2) is 52.6 Å². The minimum Gasteiger partial charge on any atom is -0.378 e. The fourth-order valence-electron chi connectivity index (χ4n) is 2.92. The second kappa shape index (κ2) is 7.59. The highest BCUT2D eigenvalue weighted by atomic mass is 35.5. The monoisotopic (exact) mass is 452 g/mol. The van der Waals surface area contributed by atoms with Crippen molar-refractivity contribution in [3.63, 3.8) is 0 Å². The van der Waals surface area contributed by atoms with Crippen LogP contribution in [0.5, 0.6) is 0 Å². The van der Waals surface area contributed by atoms with Crippen molar-refractivity contribution < 1.29 is 4.79 Å². The number of hydrogen-bond donors (Lipinski definition) is 0. The molecule has 2 unspecified atom stereocenters. The lowest BCUT2D eigenvalue weighted by Gasteiger charge is -2.28. The highest BCUT2D eigenvalue weighted by Gasteiger charge is 2.42. The van der Waals surface area contributed by atoms with Crippen LogP contribution in [0, 0.1) is 0 Å². The van der Waals surface area contributed by atoms with Crippen LogP contribution in [0.1, 0.15) is 17.2 Å². The number of alkyl halides is 1. The van der Waals surface area contributed by atoms with Crippen molar-refractivity contribution in [2.24, 2.45) is 10.1 Å². The third-order valence-electron chi connectivity index (χ3n) is 4.43. The summed E-state index contributed by atoms with van der Waals surface area (Å²) in [4.78, 5) is 19.4. The number of ketones is 1. The zero-order valence-electron chi connectivity index (χ0n) is 14.9. The van der Waals surface area contributed by atoms with E-state index in [0.29, 0.717) is 20.3 Å². The molecule has 0 aliphatic carbocycles. The number of Topliss-reactive ketones (excluding diaryl/α,β-unsaturated/α-hetero) is 1. The Hall–Kier alpha value is -1.73. The average molecular weight is 454 g/mol. The Labute approximate surface area is 182 Å². The molecule has 28 heavy (non-hydrogen) atoms.